The molecular weight excluding hydrogens is 376 g/mol. The van der Waals surface area contributed by atoms with E-state index in [0.29, 0.717) is 12.8 Å². The topological polar surface area (TPSA) is 63.6 Å². The number of carbonyl (C=O) groups is 2. The van der Waals surface area contributed by atoms with E-state index in [1.807, 2.05) is 0 Å². The van der Waals surface area contributed by atoms with Gasteiger partial charge >= 0.3 is 11.9 Å². The summed E-state index contributed by atoms with van der Waals surface area (Å²) >= 11 is 0. The minimum atomic E-state index is -0.741. The zero-order valence-electron chi connectivity index (χ0n) is 19.3. The number of rotatable bonds is 20. The molecule has 1 atom stereocenters. The summed E-state index contributed by atoms with van der Waals surface area (Å²) in [6.45, 7) is 4.24. The van der Waals surface area contributed by atoms with Crippen molar-refractivity contribution in [2.45, 2.75) is 116 Å². The summed E-state index contributed by atoms with van der Waals surface area (Å²) in [5.74, 6) is -0.828. The van der Waals surface area contributed by atoms with Gasteiger partial charge in [-0.25, -0.2) is 0 Å². The number of hydrogen-bond acceptors (Lipinski definition) is 3. The fraction of sp³-hybridized carbons (Fsp3) is 0.692. The van der Waals surface area contributed by atoms with Gasteiger partial charge in [-0.05, 0) is 64.2 Å². The molecule has 0 radical (unpaired) electrons. The quantitative estimate of drug-likeness (QED) is 0.125. The Bertz CT molecular complexity index is 505. The molecule has 0 saturated carbocycles. The van der Waals surface area contributed by atoms with Gasteiger partial charge in [0.05, 0.1) is 0 Å². The summed E-state index contributed by atoms with van der Waals surface area (Å²) in [6.07, 6.45) is 26.3. The van der Waals surface area contributed by atoms with Crippen LogP contribution in [0.2, 0.25) is 0 Å². The molecule has 4 nitrogen and oxygen atoms in total. The van der Waals surface area contributed by atoms with Crippen molar-refractivity contribution in [3.8, 4) is 0 Å². The SMILES string of the molecule is CC/C=C\C/C=C\C/C=C\CCCCCC(=O)OC(CCC)CCCCCC(=O)O. The van der Waals surface area contributed by atoms with Gasteiger partial charge in [-0.1, -0.05) is 69.6 Å². The van der Waals surface area contributed by atoms with E-state index < -0.39 is 5.97 Å². The van der Waals surface area contributed by atoms with Crippen LogP contribution in [0.15, 0.2) is 36.5 Å². The number of allylic oxidation sites excluding steroid dienone is 6. The van der Waals surface area contributed by atoms with Crippen LogP contribution in [0, 0.1) is 0 Å². The van der Waals surface area contributed by atoms with Crippen molar-refractivity contribution < 1.29 is 19.4 Å². The van der Waals surface area contributed by atoms with Crippen molar-refractivity contribution in [1.29, 1.82) is 0 Å². The van der Waals surface area contributed by atoms with Gasteiger partial charge in [0.25, 0.3) is 0 Å². The number of ether oxygens (including phenoxy) is 1. The van der Waals surface area contributed by atoms with Crippen LogP contribution in [0.3, 0.4) is 0 Å². The monoisotopic (exact) mass is 420 g/mol. The fourth-order valence-corrected chi connectivity index (χ4v) is 3.19. The lowest BCUT2D eigenvalue weighted by Crippen LogP contribution is -2.18. The largest absolute Gasteiger partial charge is 0.481 e. The summed E-state index contributed by atoms with van der Waals surface area (Å²) < 4.78 is 5.64. The molecule has 0 heterocycles. The Hall–Kier alpha value is -1.84. The predicted octanol–water partition coefficient (Wildman–Crippen LogP) is 7.54. The number of carboxylic acid groups (broad SMARTS) is 1. The zero-order valence-corrected chi connectivity index (χ0v) is 19.3. The minimum Gasteiger partial charge on any atom is -0.481 e. The summed E-state index contributed by atoms with van der Waals surface area (Å²) in [4.78, 5) is 22.6. The average molecular weight is 421 g/mol. The molecule has 0 aromatic rings. The third kappa shape index (κ3) is 20.9. The maximum absolute atomic E-state index is 12.1. The summed E-state index contributed by atoms with van der Waals surface area (Å²) in [6, 6.07) is 0. The van der Waals surface area contributed by atoms with Crippen LogP contribution in [0.1, 0.15) is 110 Å². The Morgan fingerprint density at radius 2 is 1.40 bits per heavy atom. The standard InChI is InChI=1S/C26H44O4/c1-3-5-6-7-8-9-10-11-12-13-14-15-19-23-26(29)30-24(20-4-2)21-17-16-18-22-25(27)28/h5-6,8-9,11-12,24H,3-4,7,10,13-23H2,1-2H3,(H,27,28)/b6-5-,9-8-,12-11-. The number of hydrogen-bond donors (Lipinski definition) is 1. The average Bonchev–Trinajstić information content (AvgIpc) is 2.71. The highest BCUT2D eigenvalue weighted by Crippen LogP contribution is 2.15. The Labute approximate surface area is 184 Å². The van der Waals surface area contributed by atoms with Gasteiger partial charge in [-0.3, -0.25) is 9.59 Å². The van der Waals surface area contributed by atoms with Gasteiger partial charge in [0, 0.05) is 12.8 Å². The van der Waals surface area contributed by atoms with Gasteiger partial charge in [-0.2, -0.15) is 0 Å². The molecule has 0 rings (SSSR count). The highest BCUT2D eigenvalue weighted by molar-refractivity contribution is 5.69. The van der Waals surface area contributed by atoms with Crippen LogP contribution in [-0.4, -0.2) is 23.1 Å². The Morgan fingerprint density at radius 1 is 0.767 bits per heavy atom. The molecule has 4 heteroatoms. The zero-order chi connectivity index (χ0) is 22.3. The Morgan fingerprint density at radius 3 is 2.07 bits per heavy atom. The van der Waals surface area contributed by atoms with Gasteiger partial charge in [0.1, 0.15) is 6.10 Å². The van der Waals surface area contributed by atoms with Crippen LogP contribution in [0.4, 0.5) is 0 Å². The van der Waals surface area contributed by atoms with E-state index in [9.17, 15) is 9.59 Å². The number of esters is 1. The third-order valence-electron chi connectivity index (χ3n) is 4.86. The summed E-state index contributed by atoms with van der Waals surface area (Å²) in [7, 11) is 0. The number of carboxylic acids is 1. The van der Waals surface area contributed by atoms with Gasteiger partial charge in [0.2, 0.25) is 0 Å². The Kier molecular flexibility index (Phi) is 20.5. The maximum Gasteiger partial charge on any atom is 0.306 e. The lowest BCUT2D eigenvalue weighted by Gasteiger charge is -2.17. The van der Waals surface area contributed by atoms with Crippen molar-refractivity contribution in [2.75, 3.05) is 0 Å². The lowest BCUT2D eigenvalue weighted by atomic mass is 10.1. The number of unbranched alkanes of at least 4 members (excludes halogenated alkanes) is 5. The maximum atomic E-state index is 12.1. The molecule has 0 aliphatic rings. The lowest BCUT2D eigenvalue weighted by molar-refractivity contribution is -0.150. The third-order valence-corrected chi connectivity index (χ3v) is 4.86. The molecule has 0 aromatic carbocycles. The van der Waals surface area contributed by atoms with Crippen molar-refractivity contribution in [2.24, 2.45) is 0 Å². The first-order valence-corrected chi connectivity index (χ1v) is 12.0. The molecule has 0 aliphatic heterocycles. The second-order valence-electron chi connectivity index (χ2n) is 7.79. The normalized spacial score (nSPS) is 12.9. The van der Waals surface area contributed by atoms with E-state index in [1.54, 1.807) is 0 Å². The van der Waals surface area contributed by atoms with E-state index in [2.05, 4.69) is 50.3 Å². The van der Waals surface area contributed by atoms with Crippen molar-refractivity contribution in [3.05, 3.63) is 36.5 Å². The highest BCUT2D eigenvalue weighted by Gasteiger charge is 2.13. The van der Waals surface area contributed by atoms with E-state index in [1.165, 1.54) is 0 Å². The molecule has 0 fully saturated rings. The van der Waals surface area contributed by atoms with Gasteiger partial charge in [0.15, 0.2) is 0 Å². The van der Waals surface area contributed by atoms with Crippen LogP contribution >= 0.6 is 0 Å². The van der Waals surface area contributed by atoms with E-state index in [0.717, 1.165) is 77.0 Å². The molecule has 0 amide bonds. The van der Waals surface area contributed by atoms with Crippen molar-refractivity contribution in [3.63, 3.8) is 0 Å². The van der Waals surface area contributed by atoms with Crippen molar-refractivity contribution in [1.82, 2.24) is 0 Å². The second kappa shape index (κ2) is 21.9. The van der Waals surface area contributed by atoms with Crippen molar-refractivity contribution >= 4 is 11.9 Å². The molecule has 0 aromatic heterocycles. The highest BCUT2D eigenvalue weighted by atomic mass is 16.5. The first kappa shape index (κ1) is 28.2. The molecule has 1 N–H and O–H groups in total. The minimum absolute atomic E-state index is 0.0132. The molecule has 0 spiro atoms. The van der Waals surface area contributed by atoms with Gasteiger partial charge in [-0.15, -0.1) is 0 Å². The van der Waals surface area contributed by atoms with Gasteiger partial charge < -0.3 is 9.84 Å². The Balaban J connectivity index is 3.73. The first-order chi connectivity index (χ1) is 14.6. The van der Waals surface area contributed by atoms with Crippen LogP contribution in [0.5, 0.6) is 0 Å². The smallest absolute Gasteiger partial charge is 0.306 e. The van der Waals surface area contributed by atoms with Crippen LogP contribution in [-0.2, 0) is 14.3 Å². The number of aliphatic carboxylic acids is 1. The molecule has 0 aliphatic carbocycles. The first-order valence-electron chi connectivity index (χ1n) is 12.0. The molecule has 0 bridgehead atoms. The molecule has 1 unspecified atom stereocenters. The molecule has 0 saturated heterocycles. The van der Waals surface area contributed by atoms with Crippen LogP contribution in [0.25, 0.3) is 0 Å². The molecule has 30 heavy (non-hydrogen) atoms. The van der Waals surface area contributed by atoms with Crippen LogP contribution < -0.4 is 0 Å². The van der Waals surface area contributed by atoms with E-state index >= 15 is 0 Å². The van der Waals surface area contributed by atoms with E-state index in [-0.39, 0.29) is 18.5 Å². The number of carbonyl (C=O) groups excluding carboxylic acids is 1. The molecular formula is C26H44O4. The summed E-state index contributed by atoms with van der Waals surface area (Å²) in [5, 5.41) is 8.67. The second-order valence-corrected chi connectivity index (χ2v) is 7.79. The van der Waals surface area contributed by atoms with E-state index in [4.69, 9.17) is 9.84 Å². The predicted molar refractivity (Wildman–Crippen MR) is 126 cm³/mol. The molecule has 172 valence electrons. The fourth-order valence-electron chi connectivity index (χ4n) is 3.19. The summed E-state index contributed by atoms with van der Waals surface area (Å²) in [5.41, 5.74) is 0.